The summed E-state index contributed by atoms with van der Waals surface area (Å²) in [4.78, 5) is 25.4. The lowest BCUT2D eigenvalue weighted by atomic mass is 9.95. The van der Waals surface area contributed by atoms with E-state index in [9.17, 15) is 9.59 Å². The van der Waals surface area contributed by atoms with Crippen molar-refractivity contribution in [1.29, 1.82) is 0 Å². The number of primary amides is 1. The first-order valence-corrected chi connectivity index (χ1v) is 9.97. The number of nitrogens with two attached hydrogens (primary N) is 1. The van der Waals surface area contributed by atoms with Crippen LogP contribution in [0.1, 0.15) is 22.6 Å². The highest BCUT2D eigenvalue weighted by molar-refractivity contribution is 6.32. The molecule has 0 radical (unpaired) electrons. The van der Waals surface area contributed by atoms with E-state index in [0.29, 0.717) is 10.8 Å². The summed E-state index contributed by atoms with van der Waals surface area (Å²) in [5.41, 5.74) is 10.3. The van der Waals surface area contributed by atoms with Gasteiger partial charge in [0.2, 0.25) is 11.8 Å². The molecule has 3 aromatic rings. The number of hydrogen-bond acceptors (Lipinski definition) is 3. The molecule has 0 saturated heterocycles. The normalized spacial score (nSPS) is 13.3. The number of nitrogens with one attached hydrogen (secondary N) is 1. The molecule has 0 unspecified atom stereocenters. The molecular weight excluding hydrogens is 400 g/mol. The summed E-state index contributed by atoms with van der Waals surface area (Å²) < 4.78 is 5.16. The van der Waals surface area contributed by atoms with Gasteiger partial charge >= 0.3 is 0 Å². The van der Waals surface area contributed by atoms with Crippen LogP contribution in [0.5, 0.6) is 5.75 Å². The number of hydrogen-bond donors (Lipinski definition) is 2. The predicted molar refractivity (Wildman–Crippen MR) is 117 cm³/mol. The first-order chi connectivity index (χ1) is 14.5. The Kier molecular flexibility index (Phi) is 5.46. The number of rotatable bonds is 6. The molecule has 2 amide bonds. The van der Waals surface area contributed by atoms with Crippen molar-refractivity contribution in [2.75, 3.05) is 7.11 Å². The van der Waals surface area contributed by atoms with E-state index in [2.05, 4.69) is 5.32 Å². The monoisotopic (exact) mass is 420 g/mol. The van der Waals surface area contributed by atoms with Crippen LogP contribution in [0.15, 0.2) is 66.7 Å². The Hall–Kier alpha value is -3.31. The van der Waals surface area contributed by atoms with Gasteiger partial charge in [-0.25, -0.2) is 0 Å². The third-order valence-electron chi connectivity index (χ3n) is 5.41. The molecule has 0 saturated carbocycles. The highest BCUT2D eigenvalue weighted by Gasteiger charge is 2.34. The van der Waals surface area contributed by atoms with Crippen molar-refractivity contribution in [2.24, 2.45) is 5.73 Å². The Balaban J connectivity index is 1.60. The van der Waals surface area contributed by atoms with Crippen LogP contribution in [0.25, 0.3) is 11.1 Å². The fraction of sp³-hybridized carbons (Fsp3) is 0.167. The SMILES string of the molecule is COc1ccc(C[C@H](NC(=O)C2c3ccccc3-c3ccccc32)C(N)=O)cc1Cl. The van der Waals surface area contributed by atoms with Gasteiger partial charge in [0.25, 0.3) is 0 Å². The number of methoxy groups -OCH3 is 1. The molecule has 0 spiro atoms. The van der Waals surface area contributed by atoms with Crippen molar-refractivity contribution in [3.05, 3.63) is 88.4 Å². The molecule has 6 heteroatoms. The minimum absolute atomic E-state index is 0.237. The van der Waals surface area contributed by atoms with Crippen LogP contribution in [0.3, 0.4) is 0 Å². The summed E-state index contributed by atoms with van der Waals surface area (Å²) in [6.07, 6.45) is 0.237. The zero-order valence-electron chi connectivity index (χ0n) is 16.4. The molecule has 0 fully saturated rings. The number of ether oxygens (including phenoxy) is 1. The van der Waals surface area contributed by atoms with Gasteiger partial charge in [0.15, 0.2) is 0 Å². The molecule has 5 nitrogen and oxygen atoms in total. The molecule has 0 aromatic heterocycles. The average Bonchev–Trinajstić information content (AvgIpc) is 3.08. The van der Waals surface area contributed by atoms with Gasteiger partial charge in [0.1, 0.15) is 11.8 Å². The Morgan fingerprint density at radius 2 is 1.63 bits per heavy atom. The summed E-state index contributed by atoms with van der Waals surface area (Å²) in [5.74, 6) is -0.802. The zero-order valence-corrected chi connectivity index (χ0v) is 17.1. The lowest BCUT2D eigenvalue weighted by molar-refractivity contribution is -0.127. The van der Waals surface area contributed by atoms with Crippen LogP contribution >= 0.6 is 11.6 Å². The van der Waals surface area contributed by atoms with Gasteiger partial charge in [-0.2, -0.15) is 0 Å². The smallest absolute Gasteiger partial charge is 0.240 e. The fourth-order valence-corrected chi connectivity index (χ4v) is 4.27. The van der Waals surface area contributed by atoms with E-state index in [1.807, 2.05) is 48.5 Å². The minimum Gasteiger partial charge on any atom is -0.495 e. The number of carbonyl (C=O) groups excluding carboxylic acids is 2. The van der Waals surface area contributed by atoms with Gasteiger partial charge in [-0.05, 0) is 39.9 Å². The molecule has 1 aliphatic rings. The van der Waals surface area contributed by atoms with Crippen LogP contribution < -0.4 is 15.8 Å². The maximum absolute atomic E-state index is 13.3. The van der Waals surface area contributed by atoms with Crippen molar-refractivity contribution in [3.63, 3.8) is 0 Å². The molecule has 1 aliphatic carbocycles. The Morgan fingerprint density at radius 3 is 2.17 bits per heavy atom. The Bertz CT molecular complexity index is 1080. The number of halogens is 1. The van der Waals surface area contributed by atoms with Gasteiger partial charge in [-0.3, -0.25) is 9.59 Å². The van der Waals surface area contributed by atoms with E-state index in [1.54, 1.807) is 18.2 Å². The predicted octanol–water partition coefficient (Wildman–Crippen LogP) is 3.67. The second-order valence-electron chi connectivity index (χ2n) is 7.24. The van der Waals surface area contributed by atoms with Crippen molar-refractivity contribution in [3.8, 4) is 16.9 Å². The largest absolute Gasteiger partial charge is 0.495 e. The van der Waals surface area contributed by atoms with Gasteiger partial charge < -0.3 is 15.8 Å². The molecule has 4 rings (SSSR count). The number of carbonyl (C=O) groups is 2. The molecule has 152 valence electrons. The molecule has 0 heterocycles. The molecule has 0 bridgehead atoms. The third kappa shape index (κ3) is 3.64. The van der Waals surface area contributed by atoms with Crippen molar-refractivity contribution in [1.82, 2.24) is 5.32 Å². The van der Waals surface area contributed by atoms with Crippen molar-refractivity contribution in [2.45, 2.75) is 18.4 Å². The fourth-order valence-electron chi connectivity index (χ4n) is 3.99. The highest BCUT2D eigenvalue weighted by Crippen LogP contribution is 2.44. The second-order valence-corrected chi connectivity index (χ2v) is 7.65. The third-order valence-corrected chi connectivity index (χ3v) is 5.71. The summed E-state index contributed by atoms with van der Waals surface area (Å²) in [6, 6.07) is 20.0. The van der Waals surface area contributed by atoms with Crippen LogP contribution in [-0.4, -0.2) is 25.0 Å². The van der Waals surface area contributed by atoms with Gasteiger partial charge in [-0.1, -0.05) is 66.2 Å². The molecule has 3 N–H and O–H groups in total. The standard InChI is InChI=1S/C24H21ClN2O3/c1-30-21-11-10-14(12-19(21)25)13-20(23(26)28)27-24(29)22-17-8-4-2-6-15(17)16-7-3-5-9-18(16)22/h2-12,20,22H,13H2,1H3,(H2,26,28)(H,27,29)/t20-/m0/s1. The van der Waals surface area contributed by atoms with Crippen molar-refractivity contribution >= 4 is 23.4 Å². The summed E-state index contributed by atoms with van der Waals surface area (Å²) >= 11 is 6.19. The van der Waals surface area contributed by atoms with E-state index < -0.39 is 17.9 Å². The van der Waals surface area contributed by atoms with E-state index in [4.69, 9.17) is 22.1 Å². The summed E-state index contributed by atoms with van der Waals surface area (Å²) in [6.45, 7) is 0. The van der Waals surface area contributed by atoms with Crippen LogP contribution in [0, 0.1) is 0 Å². The first-order valence-electron chi connectivity index (χ1n) is 9.60. The molecule has 30 heavy (non-hydrogen) atoms. The van der Waals surface area contributed by atoms with Gasteiger partial charge in [-0.15, -0.1) is 0 Å². The summed E-state index contributed by atoms with van der Waals surface area (Å²) in [5, 5.41) is 3.28. The summed E-state index contributed by atoms with van der Waals surface area (Å²) in [7, 11) is 1.53. The Morgan fingerprint density at radius 1 is 1.03 bits per heavy atom. The van der Waals surface area contributed by atoms with Gasteiger partial charge in [0, 0.05) is 6.42 Å². The van der Waals surface area contributed by atoms with E-state index >= 15 is 0 Å². The lowest BCUT2D eigenvalue weighted by Crippen LogP contribution is -2.47. The Labute approximate surface area is 179 Å². The average molecular weight is 421 g/mol. The van der Waals surface area contributed by atoms with Gasteiger partial charge in [0.05, 0.1) is 18.1 Å². The number of benzene rings is 3. The molecular formula is C24H21ClN2O3. The van der Waals surface area contributed by atoms with Crippen molar-refractivity contribution < 1.29 is 14.3 Å². The lowest BCUT2D eigenvalue weighted by Gasteiger charge is -2.20. The zero-order chi connectivity index (χ0) is 21.3. The topological polar surface area (TPSA) is 81.4 Å². The molecule has 0 aliphatic heterocycles. The second kappa shape index (κ2) is 8.20. The maximum atomic E-state index is 13.3. The molecule has 1 atom stereocenters. The van der Waals surface area contributed by atoms with Crippen LogP contribution in [-0.2, 0) is 16.0 Å². The van der Waals surface area contributed by atoms with E-state index in [1.165, 1.54) is 7.11 Å². The minimum atomic E-state index is -0.859. The van der Waals surface area contributed by atoms with Crippen LogP contribution in [0.2, 0.25) is 5.02 Å². The first kappa shape index (κ1) is 20.0. The van der Waals surface area contributed by atoms with E-state index in [-0.39, 0.29) is 12.3 Å². The van der Waals surface area contributed by atoms with E-state index in [0.717, 1.165) is 27.8 Å². The quantitative estimate of drug-likeness (QED) is 0.638. The molecule has 3 aromatic carbocycles. The van der Waals surface area contributed by atoms with Crippen LogP contribution in [0.4, 0.5) is 0 Å². The highest BCUT2D eigenvalue weighted by atomic mass is 35.5. The maximum Gasteiger partial charge on any atom is 0.240 e. The number of fused-ring (bicyclic) bond motifs is 3. The number of amides is 2.